The first-order valence-corrected chi connectivity index (χ1v) is 14.5. The van der Waals surface area contributed by atoms with Gasteiger partial charge in [0.2, 0.25) is 0 Å². The van der Waals surface area contributed by atoms with Crippen LogP contribution in [0.3, 0.4) is 0 Å². The Balaban J connectivity index is 1.54. The predicted octanol–water partition coefficient (Wildman–Crippen LogP) is 7.68. The zero-order valence-electron chi connectivity index (χ0n) is 24.0. The molecule has 0 spiro atoms. The van der Waals surface area contributed by atoms with Crippen LogP contribution in [0.25, 0.3) is 22.6 Å². The summed E-state index contributed by atoms with van der Waals surface area (Å²) in [6, 6.07) is 39.2. The molecule has 6 nitrogen and oxygen atoms in total. The van der Waals surface area contributed by atoms with Crippen molar-refractivity contribution < 1.29 is 14.6 Å². The summed E-state index contributed by atoms with van der Waals surface area (Å²) in [5.41, 5.74) is 6.80. The number of aromatic nitrogens is 2. The molecule has 0 aliphatic rings. The van der Waals surface area contributed by atoms with Crippen molar-refractivity contribution in [3.63, 3.8) is 0 Å². The van der Waals surface area contributed by atoms with Gasteiger partial charge >= 0.3 is 5.97 Å². The lowest BCUT2D eigenvalue weighted by Gasteiger charge is -2.25. The molecule has 0 saturated carbocycles. The molecule has 5 rings (SSSR count). The number of hydrogen-bond donors (Lipinski definition) is 1. The van der Waals surface area contributed by atoms with Crippen molar-refractivity contribution in [2.24, 2.45) is 0 Å². The molecule has 6 heteroatoms. The van der Waals surface area contributed by atoms with Gasteiger partial charge in [-0.05, 0) is 29.7 Å². The summed E-state index contributed by atoms with van der Waals surface area (Å²) >= 11 is 0. The Morgan fingerprint density at radius 1 is 0.762 bits per heavy atom. The van der Waals surface area contributed by atoms with Crippen LogP contribution in [-0.2, 0) is 31.0 Å². The number of carboxylic acid groups (broad SMARTS) is 1. The van der Waals surface area contributed by atoms with Gasteiger partial charge < -0.3 is 14.4 Å². The number of nitrogens with zero attached hydrogens (tertiary/aromatic N) is 3. The summed E-state index contributed by atoms with van der Waals surface area (Å²) in [6.45, 7) is 4.95. The average molecular weight is 560 g/mol. The van der Waals surface area contributed by atoms with E-state index in [0.29, 0.717) is 18.8 Å². The molecular weight excluding hydrogens is 522 g/mol. The minimum atomic E-state index is -0.989. The molecule has 0 saturated heterocycles. The van der Waals surface area contributed by atoms with Crippen LogP contribution >= 0.6 is 0 Å². The minimum Gasteiger partial charge on any atom is -0.482 e. The zero-order chi connectivity index (χ0) is 29.1. The summed E-state index contributed by atoms with van der Waals surface area (Å²) in [6.07, 6.45) is 2.16. The van der Waals surface area contributed by atoms with Gasteiger partial charge in [0.05, 0.1) is 11.4 Å². The molecule has 0 aliphatic carbocycles. The molecule has 1 heterocycles. The Labute approximate surface area is 247 Å². The van der Waals surface area contributed by atoms with E-state index in [4.69, 9.17) is 14.8 Å². The van der Waals surface area contributed by atoms with E-state index in [1.54, 1.807) is 0 Å². The number of carbonyl (C=O) groups is 1. The van der Waals surface area contributed by atoms with Crippen LogP contribution in [0.4, 0.5) is 0 Å². The molecule has 0 fully saturated rings. The number of carboxylic acids is 1. The smallest absolute Gasteiger partial charge is 0.341 e. The van der Waals surface area contributed by atoms with E-state index >= 15 is 0 Å². The maximum atomic E-state index is 10.9. The van der Waals surface area contributed by atoms with Gasteiger partial charge in [-0.2, -0.15) is 0 Å². The summed E-state index contributed by atoms with van der Waals surface area (Å²) < 4.78 is 7.78. The molecule has 4 aromatic carbocycles. The van der Waals surface area contributed by atoms with Crippen molar-refractivity contribution in [3.8, 4) is 28.4 Å². The largest absolute Gasteiger partial charge is 0.482 e. The highest BCUT2D eigenvalue weighted by Gasteiger charge is 2.22. The molecule has 0 amide bonds. The highest BCUT2D eigenvalue weighted by Crippen LogP contribution is 2.32. The van der Waals surface area contributed by atoms with Gasteiger partial charge in [0, 0.05) is 37.3 Å². The lowest BCUT2D eigenvalue weighted by molar-refractivity contribution is -0.139. The fourth-order valence-electron chi connectivity index (χ4n) is 5.15. The van der Waals surface area contributed by atoms with Gasteiger partial charge in [-0.25, -0.2) is 9.78 Å². The van der Waals surface area contributed by atoms with Gasteiger partial charge in [0.15, 0.2) is 6.61 Å². The topological polar surface area (TPSA) is 67.6 Å². The van der Waals surface area contributed by atoms with Crippen LogP contribution in [0, 0.1) is 0 Å². The zero-order valence-corrected chi connectivity index (χ0v) is 24.0. The molecule has 42 heavy (non-hydrogen) atoms. The second kappa shape index (κ2) is 14.3. The van der Waals surface area contributed by atoms with Crippen LogP contribution in [0.15, 0.2) is 115 Å². The Morgan fingerprint density at radius 2 is 1.33 bits per heavy atom. The molecule has 214 valence electrons. The Bertz CT molecular complexity index is 1550. The second-order valence-electron chi connectivity index (χ2n) is 10.4. The standard InChI is InChI=1S/C36H37N3O3/c1-2-3-23-39-33(35(30-15-9-5-10-16-30)37-36(39)31-17-11-6-12-18-31)26-38(24-28-13-7-4-8-14-28)25-29-19-21-32(22-20-29)42-27-34(40)41/h4-22H,2-3,23-27H2,1H3,(H,40,41). The van der Waals surface area contributed by atoms with Crippen molar-refractivity contribution in [2.75, 3.05) is 6.61 Å². The number of benzene rings is 4. The number of unbranched alkanes of at least 4 members (excludes halogenated alkanes) is 1. The quantitative estimate of drug-likeness (QED) is 0.151. The van der Waals surface area contributed by atoms with Crippen molar-refractivity contribution >= 4 is 5.97 Å². The summed E-state index contributed by atoms with van der Waals surface area (Å²) in [5, 5.41) is 8.95. The normalized spacial score (nSPS) is 11.1. The fourth-order valence-corrected chi connectivity index (χ4v) is 5.15. The molecule has 1 aromatic heterocycles. The van der Waals surface area contributed by atoms with E-state index in [2.05, 4.69) is 89.2 Å². The van der Waals surface area contributed by atoms with Gasteiger partial charge in [-0.15, -0.1) is 0 Å². The molecule has 5 aromatic rings. The monoisotopic (exact) mass is 559 g/mol. The van der Waals surface area contributed by atoms with Gasteiger partial charge in [0.25, 0.3) is 0 Å². The molecule has 0 unspecified atom stereocenters. The Hall–Kier alpha value is -4.68. The average Bonchev–Trinajstić information content (AvgIpc) is 3.38. The third-order valence-electron chi connectivity index (χ3n) is 7.20. The highest BCUT2D eigenvalue weighted by molar-refractivity contribution is 5.69. The van der Waals surface area contributed by atoms with Crippen LogP contribution in [0.1, 0.15) is 36.6 Å². The first kappa shape index (κ1) is 28.8. The summed E-state index contributed by atoms with van der Waals surface area (Å²) in [4.78, 5) is 18.6. The number of ether oxygens (including phenoxy) is 1. The molecule has 0 atom stereocenters. The van der Waals surface area contributed by atoms with Crippen LogP contribution in [0.5, 0.6) is 5.75 Å². The predicted molar refractivity (Wildman–Crippen MR) is 167 cm³/mol. The van der Waals surface area contributed by atoms with E-state index in [1.165, 1.54) is 11.3 Å². The Kier molecular flexibility index (Phi) is 9.81. The van der Waals surface area contributed by atoms with Crippen LogP contribution < -0.4 is 4.74 Å². The molecular formula is C36H37N3O3. The lowest BCUT2D eigenvalue weighted by Crippen LogP contribution is -2.24. The van der Waals surface area contributed by atoms with Gasteiger partial charge in [-0.1, -0.05) is 116 Å². The maximum Gasteiger partial charge on any atom is 0.341 e. The van der Waals surface area contributed by atoms with Crippen LogP contribution in [0.2, 0.25) is 0 Å². The van der Waals surface area contributed by atoms with E-state index in [1.807, 2.05) is 42.5 Å². The van der Waals surface area contributed by atoms with E-state index < -0.39 is 5.97 Å². The molecule has 1 N–H and O–H groups in total. The van der Waals surface area contributed by atoms with Crippen LogP contribution in [-0.4, -0.2) is 32.1 Å². The Morgan fingerprint density at radius 3 is 1.93 bits per heavy atom. The maximum absolute atomic E-state index is 10.9. The van der Waals surface area contributed by atoms with E-state index in [9.17, 15) is 4.79 Å². The van der Waals surface area contributed by atoms with Crippen molar-refractivity contribution in [1.29, 1.82) is 0 Å². The molecule has 0 radical (unpaired) electrons. The van der Waals surface area contributed by atoms with Crippen molar-refractivity contribution in [3.05, 3.63) is 132 Å². The molecule has 0 aliphatic heterocycles. The van der Waals surface area contributed by atoms with E-state index in [0.717, 1.165) is 54.1 Å². The van der Waals surface area contributed by atoms with Crippen molar-refractivity contribution in [1.82, 2.24) is 14.5 Å². The number of imidazole rings is 1. The fraction of sp³-hybridized carbons (Fsp3) is 0.222. The van der Waals surface area contributed by atoms with Crippen molar-refractivity contribution in [2.45, 2.75) is 45.9 Å². The summed E-state index contributed by atoms with van der Waals surface area (Å²) in [7, 11) is 0. The third-order valence-corrected chi connectivity index (χ3v) is 7.20. The van der Waals surface area contributed by atoms with Gasteiger partial charge in [-0.3, -0.25) is 4.90 Å². The third kappa shape index (κ3) is 7.53. The minimum absolute atomic E-state index is 0.354. The first-order chi connectivity index (χ1) is 20.6. The molecule has 0 bridgehead atoms. The SMILES string of the molecule is CCCCn1c(-c2ccccc2)nc(-c2ccccc2)c1CN(Cc1ccccc1)Cc1ccc(OCC(=O)O)cc1. The first-order valence-electron chi connectivity index (χ1n) is 14.5. The second-order valence-corrected chi connectivity index (χ2v) is 10.4. The van der Waals surface area contributed by atoms with Gasteiger partial charge in [0.1, 0.15) is 11.6 Å². The highest BCUT2D eigenvalue weighted by atomic mass is 16.5. The lowest BCUT2D eigenvalue weighted by atomic mass is 10.1. The summed E-state index contributed by atoms with van der Waals surface area (Å²) in [5.74, 6) is 0.557. The van der Waals surface area contributed by atoms with E-state index in [-0.39, 0.29) is 6.61 Å². The number of aliphatic carboxylic acids is 1. The number of rotatable bonds is 14. The number of hydrogen-bond acceptors (Lipinski definition) is 4.